The molecule has 0 aliphatic carbocycles. The quantitative estimate of drug-likeness (QED) is 0.212. The van der Waals surface area contributed by atoms with Gasteiger partial charge in [0.25, 0.3) is 0 Å². The summed E-state index contributed by atoms with van der Waals surface area (Å²) < 4.78 is 0. The predicted octanol–water partition coefficient (Wildman–Crippen LogP) is 7.58. The van der Waals surface area contributed by atoms with E-state index in [2.05, 4.69) is 92.9 Å². The molecule has 0 fully saturated rings. The molecule has 2 aromatic carbocycles. The van der Waals surface area contributed by atoms with Gasteiger partial charge in [-0.25, -0.2) is 0 Å². The number of hydrogen-bond donors (Lipinski definition) is 0. The third-order valence-corrected chi connectivity index (χ3v) is 6.31. The number of aliphatic imine (C=N–C) groups is 1. The molecule has 176 valence electrons. The second-order valence-electron chi connectivity index (χ2n) is 8.38. The maximum atomic E-state index is 5.27. The largest absolute Gasteiger partial charge is 0.372 e. The Morgan fingerprint density at radius 3 is 1.50 bits per heavy atom. The van der Waals surface area contributed by atoms with Crippen molar-refractivity contribution in [3.8, 4) is 0 Å². The molecule has 0 saturated heterocycles. The Balaban J connectivity index is 2.46. The van der Waals surface area contributed by atoms with Crippen molar-refractivity contribution in [2.75, 3.05) is 42.5 Å². The Kier molecular flexibility index (Phi) is 11.9. The Labute approximate surface area is 197 Å². The average Bonchev–Trinajstić information content (AvgIpc) is 2.83. The van der Waals surface area contributed by atoms with E-state index < -0.39 is 0 Å². The van der Waals surface area contributed by atoms with Crippen molar-refractivity contribution in [2.24, 2.45) is 4.99 Å². The highest BCUT2D eigenvalue weighted by atomic mass is 15.1. The molecule has 0 saturated carbocycles. The van der Waals surface area contributed by atoms with Crippen molar-refractivity contribution < 1.29 is 0 Å². The Morgan fingerprint density at radius 1 is 0.594 bits per heavy atom. The van der Waals surface area contributed by atoms with Crippen LogP contribution < -0.4 is 9.80 Å². The maximum absolute atomic E-state index is 5.27. The minimum atomic E-state index is 0.890. The number of rotatable bonds is 15. The van der Waals surface area contributed by atoms with E-state index in [4.69, 9.17) is 4.99 Å². The molecule has 0 aromatic heterocycles. The fourth-order valence-corrected chi connectivity index (χ4v) is 4.43. The van der Waals surface area contributed by atoms with Gasteiger partial charge in [-0.2, -0.15) is 0 Å². The van der Waals surface area contributed by atoms with Crippen molar-refractivity contribution in [1.29, 1.82) is 0 Å². The molecule has 0 bridgehead atoms. The smallest absolute Gasteiger partial charge is 0.0760 e. The van der Waals surface area contributed by atoms with Crippen LogP contribution in [-0.4, -0.2) is 38.4 Å². The van der Waals surface area contributed by atoms with E-state index in [1.165, 1.54) is 54.6 Å². The van der Waals surface area contributed by atoms with E-state index in [-0.39, 0.29) is 0 Å². The van der Waals surface area contributed by atoms with E-state index in [1.807, 2.05) is 0 Å². The molecule has 3 heteroatoms. The first kappa shape index (κ1) is 26.0. The number of nitrogens with zero attached hydrogens (tertiary/aromatic N) is 3. The molecule has 0 spiro atoms. The topological polar surface area (TPSA) is 18.8 Å². The molecule has 0 amide bonds. The summed E-state index contributed by atoms with van der Waals surface area (Å²) in [6, 6.07) is 17.6. The van der Waals surface area contributed by atoms with Gasteiger partial charge < -0.3 is 9.80 Å². The van der Waals surface area contributed by atoms with Crippen molar-refractivity contribution >= 4 is 17.1 Å². The van der Waals surface area contributed by atoms with Gasteiger partial charge in [0.1, 0.15) is 0 Å². The van der Waals surface area contributed by atoms with Gasteiger partial charge in [0.2, 0.25) is 0 Å². The summed E-state index contributed by atoms with van der Waals surface area (Å²) >= 11 is 0. The van der Waals surface area contributed by atoms with Crippen molar-refractivity contribution in [1.82, 2.24) is 0 Å². The van der Waals surface area contributed by atoms with Gasteiger partial charge in [-0.05, 0) is 46.2 Å². The summed E-state index contributed by atoms with van der Waals surface area (Å²) in [4.78, 5) is 10.1. The highest BCUT2D eigenvalue weighted by molar-refractivity contribution is 6.18. The molecule has 0 heterocycles. The second kappa shape index (κ2) is 14.7. The van der Waals surface area contributed by atoms with Gasteiger partial charge in [0.15, 0.2) is 0 Å². The third kappa shape index (κ3) is 7.12. The van der Waals surface area contributed by atoms with Crippen molar-refractivity contribution in [3.05, 3.63) is 59.7 Å². The number of unbranched alkanes of at least 4 members (excludes halogenated alkanes) is 5. The molecule has 2 aromatic rings. The number of hydrogen-bond acceptors (Lipinski definition) is 3. The third-order valence-electron chi connectivity index (χ3n) is 6.31. The molecule has 0 N–H and O–H groups in total. The normalized spacial score (nSPS) is 10.8. The molecule has 0 aliphatic rings. The SMILES string of the molecule is CCCCCCCCN=C(c1ccccc1N(CC)CC)c1ccccc1N(CC)CC. The standard InChI is InChI=1S/C29H45N3/c1-6-11-12-13-14-19-24-30-29(25-20-15-17-22-27(25)31(7-2)8-3)26-21-16-18-23-28(26)32(9-4)10-5/h15-18,20-23H,6-14,19,24H2,1-5H3. The lowest BCUT2D eigenvalue weighted by Gasteiger charge is -2.28. The zero-order chi connectivity index (χ0) is 23.2. The predicted molar refractivity (Wildman–Crippen MR) is 144 cm³/mol. The molecular weight excluding hydrogens is 390 g/mol. The van der Waals surface area contributed by atoms with E-state index in [9.17, 15) is 0 Å². The summed E-state index contributed by atoms with van der Waals surface area (Å²) in [5.74, 6) is 0. The van der Waals surface area contributed by atoms with Crippen LogP contribution >= 0.6 is 0 Å². The van der Waals surface area contributed by atoms with Crippen molar-refractivity contribution in [3.63, 3.8) is 0 Å². The minimum absolute atomic E-state index is 0.890. The monoisotopic (exact) mass is 435 g/mol. The summed E-state index contributed by atoms with van der Waals surface area (Å²) in [5, 5.41) is 0. The van der Waals surface area contributed by atoms with Gasteiger partial charge in [0, 0.05) is 55.2 Å². The average molecular weight is 436 g/mol. The summed E-state index contributed by atoms with van der Waals surface area (Å²) in [7, 11) is 0. The van der Waals surface area contributed by atoms with Gasteiger partial charge in [-0.15, -0.1) is 0 Å². The fourth-order valence-electron chi connectivity index (χ4n) is 4.43. The highest BCUT2D eigenvalue weighted by Gasteiger charge is 2.19. The van der Waals surface area contributed by atoms with Crippen LogP contribution in [0.4, 0.5) is 11.4 Å². The van der Waals surface area contributed by atoms with Gasteiger partial charge in [0.05, 0.1) is 5.71 Å². The van der Waals surface area contributed by atoms with Gasteiger partial charge in [-0.1, -0.05) is 75.4 Å². The molecule has 0 aliphatic heterocycles. The van der Waals surface area contributed by atoms with Crippen LogP contribution in [0.3, 0.4) is 0 Å². The van der Waals surface area contributed by atoms with E-state index in [1.54, 1.807) is 0 Å². The zero-order valence-electron chi connectivity index (χ0n) is 21.2. The maximum Gasteiger partial charge on any atom is 0.0760 e. The molecule has 0 unspecified atom stereocenters. The summed E-state index contributed by atoms with van der Waals surface area (Å²) in [6.07, 6.45) is 7.75. The lowest BCUT2D eigenvalue weighted by atomic mass is 9.97. The van der Waals surface area contributed by atoms with E-state index in [0.717, 1.165) is 44.9 Å². The minimum Gasteiger partial charge on any atom is -0.372 e. The highest BCUT2D eigenvalue weighted by Crippen LogP contribution is 2.29. The number of anilines is 2. The lowest BCUT2D eigenvalue weighted by Crippen LogP contribution is -2.26. The summed E-state index contributed by atoms with van der Waals surface area (Å²) in [6.45, 7) is 16.1. The second-order valence-corrected chi connectivity index (χ2v) is 8.38. The van der Waals surface area contributed by atoms with Crippen LogP contribution in [0.25, 0.3) is 0 Å². The van der Waals surface area contributed by atoms with Crippen LogP contribution in [0.2, 0.25) is 0 Å². The molecule has 32 heavy (non-hydrogen) atoms. The first-order valence-electron chi connectivity index (χ1n) is 12.9. The van der Waals surface area contributed by atoms with Crippen LogP contribution in [0.1, 0.15) is 84.3 Å². The Hall–Kier alpha value is -2.29. The summed E-state index contributed by atoms with van der Waals surface area (Å²) in [5.41, 5.74) is 6.22. The van der Waals surface area contributed by atoms with Gasteiger partial charge in [-0.3, -0.25) is 4.99 Å². The number of para-hydroxylation sites is 2. The van der Waals surface area contributed by atoms with Crippen molar-refractivity contribution in [2.45, 2.75) is 73.1 Å². The Morgan fingerprint density at radius 2 is 1.03 bits per heavy atom. The Bertz CT molecular complexity index is 746. The van der Waals surface area contributed by atoms with Crippen LogP contribution in [-0.2, 0) is 0 Å². The lowest BCUT2D eigenvalue weighted by molar-refractivity contribution is 0.612. The van der Waals surface area contributed by atoms with Crippen LogP contribution in [0.5, 0.6) is 0 Å². The van der Waals surface area contributed by atoms with E-state index in [0.29, 0.717) is 0 Å². The van der Waals surface area contributed by atoms with E-state index >= 15 is 0 Å². The first-order valence-corrected chi connectivity index (χ1v) is 12.9. The molecular formula is C29H45N3. The molecule has 0 radical (unpaired) electrons. The zero-order valence-corrected chi connectivity index (χ0v) is 21.2. The van der Waals surface area contributed by atoms with Crippen LogP contribution in [0.15, 0.2) is 53.5 Å². The molecule has 2 rings (SSSR count). The molecule has 3 nitrogen and oxygen atoms in total. The fraction of sp³-hybridized carbons (Fsp3) is 0.552. The van der Waals surface area contributed by atoms with Gasteiger partial charge >= 0.3 is 0 Å². The molecule has 0 atom stereocenters. The first-order chi connectivity index (χ1) is 15.7. The number of benzene rings is 2. The van der Waals surface area contributed by atoms with Crippen LogP contribution in [0, 0.1) is 0 Å².